The monoisotopic (exact) mass is 314 g/mol. The molecule has 1 nitrogen and oxygen atoms in total. The Kier molecular flexibility index (Phi) is 5.39. The summed E-state index contributed by atoms with van der Waals surface area (Å²) < 4.78 is 53.9. The molecule has 1 aromatic rings. The van der Waals surface area contributed by atoms with E-state index in [-0.39, 0.29) is 19.6 Å². The molecule has 0 heterocycles. The highest BCUT2D eigenvalue weighted by Crippen LogP contribution is 2.21. The van der Waals surface area contributed by atoms with Crippen molar-refractivity contribution in [2.75, 3.05) is 6.61 Å². The molecule has 1 rings (SSSR count). The van der Waals surface area contributed by atoms with Crippen molar-refractivity contribution < 1.29 is 22.3 Å². The van der Waals surface area contributed by atoms with Crippen LogP contribution in [0, 0.1) is 5.82 Å². The number of halogens is 5. The van der Waals surface area contributed by atoms with Crippen LogP contribution >= 0.6 is 15.9 Å². The van der Waals surface area contributed by atoms with Crippen molar-refractivity contribution in [2.24, 2.45) is 0 Å². The van der Waals surface area contributed by atoms with Crippen LogP contribution in [0.15, 0.2) is 22.7 Å². The summed E-state index contributed by atoms with van der Waals surface area (Å²) in [7, 11) is 0. The standard InChI is InChI=1S/C11H11BrF4O/c12-9-4-8(5-10(13)6-9)7-17-3-1-2-11(14,15)16/h4-6H,1-3,7H2. The Morgan fingerprint density at radius 1 is 1.18 bits per heavy atom. The largest absolute Gasteiger partial charge is 0.389 e. The van der Waals surface area contributed by atoms with Gasteiger partial charge in [0, 0.05) is 17.5 Å². The summed E-state index contributed by atoms with van der Waals surface area (Å²) in [6, 6.07) is 4.24. The predicted octanol–water partition coefficient (Wildman–Crippen LogP) is 4.45. The molecule has 0 amide bonds. The molecule has 0 aliphatic heterocycles. The summed E-state index contributed by atoms with van der Waals surface area (Å²) >= 11 is 3.12. The van der Waals surface area contributed by atoms with Crippen molar-refractivity contribution in [3.8, 4) is 0 Å². The number of alkyl halides is 3. The van der Waals surface area contributed by atoms with E-state index in [1.807, 2.05) is 0 Å². The second-order valence-corrected chi connectivity index (χ2v) is 4.46. The second kappa shape index (κ2) is 6.35. The zero-order valence-electron chi connectivity index (χ0n) is 8.86. The van der Waals surface area contributed by atoms with Gasteiger partial charge in [0.2, 0.25) is 0 Å². The molecule has 6 heteroatoms. The molecular formula is C11H11BrF4O. The van der Waals surface area contributed by atoms with Gasteiger partial charge in [0.05, 0.1) is 6.61 Å². The maximum atomic E-state index is 12.9. The summed E-state index contributed by atoms with van der Waals surface area (Å²) in [6.45, 7) is 0.113. The zero-order valence-corrected chi connectivity index (χ0v) is 10.4. The van der Waals surface area contributed by atoms with E-state index in [4.69, 9.17) is 4.74 Å². The third-order valence-corrected chi connectivity index (χ3v) is 2.40. The average molecular weight is 315 g/mol. The van der Waals surface area contributed by atoms with Crippen molar-refractivity contribution in [3.63, 3.8) is 0 Å². The molecule has 17 heavy (non-hydrogen) atoms. The SMILES string of the molecule is Fc1cc(Br)cc(COCCCC(F)(F)F)c1. The van der Waals surface area contributed by atoms with Crippen LogP contribution in [0.2, 0.25) is 0 Å². The minimum atomic E-state index is -4.15. The molecule has 96 valence electrons. The molecule has 1 aromatic carbocycles. The minimum absolute atomic E-state index is 0.00758. The first kappa shape index (κ1) is 14.4. The zero-order chi connectivity index (χ0) is 12.9. The van der Waals surface area contributed by atoms with Gasteiger partial charge in [-0.25, -0.2) is 4.39 Å². The Labute approximate surface area is 105 Å². The maximum absolute atomic E-state index is 12.9. The van der Waals surface area contributed by atoms with Crippen molar-refractivity contribution in [3.05, 3.63) is 34.1 Å². The van der Waals surface area contributed by atoms with Crippen molar-refractivity contribution in [1.82, 2.24) is 0 Å². The minimum Gasteiger partial charge on any atom is -0.377 e. The Bertz CT molecular complexity index is 345. The van der Waals surface area contributed by atoms with Crippen LogP contribution in [0.4, 0.5) is 17.6 Å². The van der Waals surface area contributed by atoms with Gasteiger partial charge in [0.15, 0.2) is 0 Å². The molecule has 0 atom stereocenters. The van der Waals surface area contributed by atoms with E-state index in [9.17, 15) is 17.6 Å². The van der Waals surface area contributed by atoms with Gasteiger partial charge in [-0.2, -0.15) is 13.2 Å². The third kappa shape index (κ3) is 6.63. The fourth-order valence-electron chi connectivity index (χ4n) is 1.26. The van der Waals surface area contributed by atoms with Crippen molar-refractivity contribution in [2.45, 2.75) is 25.6 Å². The Morgan fingerprint density at radius 3 is 2.47 bits per heavy atom. The molecule has 0 unspecified atom stereocenters. The Hall–Kier alpha value is -0.620. The molecular weight excluding hydrogens is 304 g/mol. The van der Waals surface area contributed by atoms with E-state index in [2.05, 4.69) is 15.9 Å². The molecule has 0 bridgehead atoms. The van der Waals surface area contributed by atoms with Gasteiger partial charge in [0.25, 0.3) is 0 Å². The number of hydrogen-bond acceptors (Lipinski definition) is 1. The summed E-state index contributed by atoms with van der Waals surface area (Å²) in [6.07, 6.45) is -5.09. The van der Waals surface area contributed by atoms with Gasteiger partial charge >= 0.3 is 6.18 Å². The topological polar surface area (TPSA) is 9.23 Å². The lowest BCUT2D eigenvalue weighted by molar-refractivity contribution is -0.138. The van der Waals surface area contributed by atoms with E-state index < -0.39 is 18.4 Å². The first-order chi connectivity index (χ1) is 7.87. The van der Waals surface area contributed by atoms with Gasteiger partial charge in [-0.05, 0) is 30.2 Å². The second-order valence-electron chi connectivity index (χ2n) is 3.55. The Balaban J connectivity index is 2.27. The summed E-state index contributed by atoms with van der Waals surface area (Å²) in [5, 5.41) is 0. The number of hydrogen-bond donors (Lipinski definition) is 0. The van der Waals surface area contributed by atoms with Crippen molar-refractivity contribution in [1.29, 1.82) is 0 Å². The van der Waals surface area contributed by atoms with Crippen LogP contribution in [0.5, 0.6) is 0 Å². The van der Waals surface area contributed by atoms with Gasteiger partial charge in [-0.1, -0.05) is 15.9 Å². The highest BCUT2D eigenvalue weighted by atomic mass is 79.9. The van der Waals surface area contributed by atoms with Crippen LogP contribution in [-0.2, 0) is 11.3 Å². The van der Waals surface area contributed by atoms with E-state index in [1.54, 1.807) is 6.07 Å². The van der Waals surface area contributed by atoms with Gasteiger partial charge in [-0.15, -0.1) is 0 Å². The quantitative estimate of drug-likeness (QED) is 0.576. The summed E-state index contributed by atoms with van der Waals surface area (Å²) in [4.78, 5) is 0. The lowest BCUT2D eigenvalue weighted by Gasteiger charge is -2.07. The fourth-order valence-corrected chi connectivity index (χ4v) is 1.77. The van der Waals surface area contributed by atoms with Gasteiger partial charge in [-0.3, -0.25) is 0 Å². The van der Waals surface area contributed by atoms with E-state index >= 15 is 0 Å². The number of benzene rings is 1. The smallest absolute Gasteiger partial charge is 0.377 e. The van der Waals surface area contributed by atoms with Crippen LogP contribution < -0.4 is 0 Å². The number of ether oxygens (including phenoxy) is 1. The lowest BCUT2D eigenvalue weighted by atomic mass is 10.2. The first-order valence-electron chi connectivity index (χ1n) is 4.96. The third-order valence-electron chi connectivity index (χ3n) is 1.94. The molecule has 0 fully saturated rings. The molecule has 0 N–H and O–H groups in total. The van der Waals surface area contributed by atoms with E-state index in [1.165, 1.54) is 12.1 Å². The average Bonchev–Trinajstić information content (AvgIpc) is 2.13. The molecule has 0 aliphatic carbocycles. The lowest BCUT2D eigenvalue weighted by Crippen LogP contribution is -2.08. The summed E-state index contributed by atoms with van der Waals surface area (Å²) in [5.74, 6) is -0.409. The Morgan fingerprint density at radius 2 is 1.88 bits per heavy atom. The van der Waals surface area contributed by atoms with Crippen LogP contribution in [0.3, 0.4) is 0 Å². The normalized spacial score (nSPS) is 11.8. The fraction of sp³-hybridized carbons (Fsp3) is 0.455. The predicted molar refractivity (Wildman–Crippen MR) is 59.0 cm³/mol. The van der Waals surface area contributed by atoms with Crippen LogP contribution in [0.1, 0.15) is 18.4 Å². The highest BCUT2D eigenvalue weighted by Gasteiger charge is 2.25. The first-order valence-corrected chi connectivity index (χ1v) is 5.75. The molecule has 0 radical (unpaired) electrons. The maximum Gasteiger partial charge on any atom is 0.389 e. The highest BCUT2D eigenvalue weighted by molar-refractivity contribution is 9.10. The molecule has 0 aromatic heterocycles. The number of rotatable bonds is 5. The van der Waals surface area contributed by atoms with Crippen LogP contribution in [0.25, 0.3) is 0 Å². The van der Waals surface area contributed by atoms with Gasteiger partial charge < -0.3 is 4.74 Å². The van der Waals surface area contributed by atoms with E-state index in [0.717, 1.165) is 0 Å². The van der Waals surface area contributed by atoms with Crippen LogP contribution in [-0.4, -0.2) is 12.8 Å². The van der Waals surface area contributed by atoms with E-state index in [0.29, 0.717) is 10.0 Å². The summed E-state index contributed by atoms with van der Waals surface area (Å²) in [5.41, 5.74) is 0.587. The molecule has 0 saturated carbocycles. The van der Waals surface area contributed by atoms with Crippen molar-refractivity contribution >= 4 is 15.9 Å². The molecule has 0 spiro atoms. The molecule has 0 saturated heterocycles. The molecule has 0 aliphatic rings. The van der Waals surface area contributed by atoms with Gasteiger partial charge in [0.1, 0.15) is 5.82 Å².